The summed E-state index contributed by atoms with van der Waals surface area (Å²) in [4.78, 5) is 12.3. The van der Waals surface area contributed by atoms with Crippen LogP contribution in [0.4, 0.5) is 37.8 Å². The predicted octanol–water partition coefficient (Wildman–Crippen LogP) is 5.10. The normalized spacial score (nSPS) is 15.8. The molecule has 14 heteroatoms. The molecule has 1 saturated heterocycles. The Morgan fingerprint density at radius 1 is 1.14 bits per heavy atom. The van der Waals surface area contributed by atoms with Crippen molar-refractivity contribution in [3.63, 3.8) is 0 Å². The number of anilines is 2. The zero-order valence-electron chi connectivity index (χ0n) is 19.1. The number of ether oxygens (including phenoxy) is 1. The van der Waals surface area contributed by atoms with Gasteiger partial charge in [0.05, 0.1) is 28.9 Å². The summed E-state index contributed by atoms with van der Waals surface area (Å²) in [5.74, 6) is -5.49. The molecule has 3 aromatic rings. The lowest BCUT2D eigenvalue weighted by Crippen LogP contribution is -2.47. The molecule has 1 fully saturated rings. The van der Waals surface area contributed by atoms with Gasteiger partial charge in [0.1, 0.15) is 22.6 Å². The van der Waals surface area contributed by atoms with Gasteiger partial charge in [0.25, 0.3) is 0 Å². The number of nitrogens with zero attached hydrogens (tertiary/aromatic N) is 3. The van der Waals surface area contributed by atoms with Crippen LogP contribution in [0.2, 0.25) is 5.02 Å². The number of aromatic nitrogens is 3. The zero-order chi connectivity index (χ0) is 26.4. The Hall–Kier alpha value is -3.06. The summed E-state index contributed by atoms with van der Waals surface area (Å²) in [6.45, 7) is 3.05. The number of aryl methyl sites for hydroxylation is 1. The second-order valence-electron chi connectivity index (χ2n) is 8.18. The highest BCUT2D eigenvalue weighted by atomic mass is 35.5. The molecule has 36 heavy (non-hydrogen) atoms. The van der Waals surface area contributed by atoms with Gasteiger partial charge in [-0.25, -0.2) is 18.2 Å². The van der Waals surface area contributed by atoms with Crippen molar-refractivity contribution in [1.82, 2.24) is 20.3 Å². The minimum absolute atomic E-state index is 0.124. The topological polar surface area (TPSA) is 98.0 Å². The minimum Gasteiger partial charge on any atom is -0.467 e. The maximum atomic E-state index is 15.9. The number of benzene rings is 1. The summed E-state index contributed by atoms with van der Waals surface area (Å²) < 4.78 is 91.2. The van der Waals surface area contributed by atoms with Crippen molar-refractivity contribution in [2.45, 2.75) is 38.4 Å². The molecule has 0 bridgehead atoms. The lowest BCUT2D eigenvalue weighted by Gasteiger charge is -2.28. The van der Waals surface area contributed by atoms with E-state index in [4.69, 9.17) is 22.1 Å². The van der Waals surface area contributed by atoms with Crippen LogP contribution in [0.25, 0.3) is 22.2 Å². The Balaban J connectivity index is 2.06. The van der Waals surface area contributed by atoms with Gasteiger partial charge in [0, 0.05) is 18.2 Å². The number of pyridine rings is 1. The van der Waals surface area contributed by atoms with E-state index in [1.54, 1.807) is 6.92 Å². The first-order valence-electron chi connectivity index (χ1n) is 10.9. The number of nitrogens with two attached hydrogens (primary N) is 1. The molecule has 1 aliphatic rings. The van der Waals surface area contributed by atoms with Gasteiger partial charge >= 0.3 is 12.2 Å². The third kappa shape index (κ3) is 4.45. The van der Waals surface area contributed by atoms with Crippen LogP contribution in [0.5, 0.6) is 6.01 Å². The van der Waals surface area contributed by atoms with Gasteiger partial charge in [-0.2, -0.15) is 23.1 Å². The third-order valence-electron chi connectivity index (χ3n) is 5.83. The van der Waals surface area contributed by atoms with Gasteiger partial charge in [-0.15, -0.1) is 0 Å². The van der Waals surface area contributed by atoms with Crippen molar-refractivity contribution in [1.29, 1.82) is 0 Å². The van der Waals surface area contributed by atoms with Crippen molar-refractivity contribution in [3.05, 3.63) is 33.7 Å². The molecule has 7 nitrogen and oxygen atoms in total. The number of fused-ring (bicyclic) bond motifs is 1. The number of alkyl halides is 3. The predicted molar refractivity (Wildman–Crippen MR) is 123 cm³/mol. The Kier molecular flexibility index (Phi) is 7.06. The molecule has 194 valence electrons. The molecule has 4 N–H and O–H groups in total. The first-order valence-corrected chi connectivity index (χ1v) is 11.3. The number of halogens is 7. The van der Waals surface area contributed by atoms with Gasteiger partial charge < -0.3 is 21.1 Å². The monoisotopic (exact) mass is 534 g/mol. The van der Waals surface area contributed by atoms with Gasteiger partial charge in [-0.3, -0.25) is 0 Å². The largest absolute Gasteiger partial charge is 0.467 e. The summed E-state index contributed by atoms with van der Waals surface area (Å²) >= 11 is 5.95. The lowest BCUT2D eigenvalue weighted by molar-refractivity contribution is -0.139. The SMILES string of the molecule is CCCc1nc(-c2c(Cl)c(N)c(F)c(F)c2C(F)(F)F)c(F)c2nc(OC)nc(NCC3CCN3)c12. The molecule has 0 saturated carbocycles. The molecule has 2 aromatic heterocycles. The van der Waals surface area contributed by atoms with E-state index in [1.807, 2.05) is 0 Å². The first-order chi connectivity index (χ1) is 17.0. The Labute approximate surface area is 206 Å². The van der Waals surface area contributed by atoms with Crippen molar-refractivity contribution >= 4 is 34.0 Å². The van der Waals surface area contributed by atoms with E-state index in [0.717, 1.165) is 13.0 Å². The summed E-state index contributed by atoms with van der Waals surface area (Å²) in [5.41, 5.74) is -0.292. The quantitative estimate of drug-likeness (QED) is 0.220. The average molecular weight is 535 g/mol. The number of methoxy groups -OCH3 is 1. The second kappa shape index (κ2) is 9.77. The Morgan fingerprint density at radius 2 is 1.83 bits per heavy atom. The van der Waals surface area contributed by atoms with E-state index >= 15 is 4.39 Å². The second-order valence-corrected chi connectivity index (χ2v) is 8.56. The number of hydrogen-bond acceptors (Lipinski definition) is 7. The summed E-state index contributed by atoms with van der Waals surface area (Å²) in [6, 6.07) is -0.122. The first kappa shape index (κ1) is 26.0. The molecule has 1 atom stereocenters. The maximum Gasteiger partial charge on any atom is 0.420 e. The average Bonchev–Trinajstić information content (AvgIpc) is 2.79. The maximum absolute atomic E-state index is 15.9. The van der Waals surface area contributed by atoms with Gasteiger partial charge in [0.2, 0.25) is 0 Å². The fourth-order valence-electron chi connectivity index (χ4n) is 3.94. The van der Waals surface area contributed by atoms with Crippen LogP contribution in [0.1, 0.15) is 31.0 Å². The van der Waals surface area contributed by atoms with E-state index in [2.05, 4.69) is 25.6 Å². The number of nitrogen functional groups attached to an aromatic ring is 1. The molecule has 0 amide bonds. The lowest BCUT2D eigenvalue weighted by atomic mass is 9.98. The highest BCUT2D eigenvalue weighted by Crippen LogP contribution is 2.47. The molecular weight excluding hydrogens is 514 g/mol. The molecule has 4 rings (SSSR count). The number of nitrogens with one attached hydrogen (secondary N) is 2. The van der Waals surface area contributed by atoms with E-state index in [0.29, 0.717) is 13.0 Å². The number of rotatable bonds is 7. The minimum atomic E-state index is -5.45. The molecule has 1 unspecified atom stereocenters. The highest BCUT2D eigenvalue weighted by Gasteiger charge is 2.42. The molecule has 0 radical (unpaired) electrons. The molecule has 0 aliphatic carbocycles. The van der Waals surface area contributed by atoms with Crippen LogP contribution in [-0.2, 0) is 12.6 Å². The van der Waals surface area contributed by atoms with Crippen LogP contribution in [0.15, 0.2) is 0 Å². The molecule has 1 aromatic carbocycles. The van der Waals surface area contributed by atoms with Crippen molar-refractivity contribution in [2.75, 3.05) is 31.2 Å². The Morgan fingerprint density at radius 3 is 2.39 bits per heavy atom. The molecule has 1 aliphatic heterocycles. The van der Waals surface area contributed by atoms with Gasteiger partial charge in [-0.1, -0.05) is 24.9 Å². The van der Waals surface area contributed by atoms with Crippen molar-refractivity contribution in [2.24, 2.45) is 0 Å². The van der Waals surface area contributed by atoms with E-state index in [1.165, 1.54) is 7.11 Å². The smallest absolute Gasteiger partial charge is 0.420 e. The van der Waals surface area contributed by atoms with Gasteiger partial charge in [0.15, 0.2) is 17.5 Å². The number of hydrogen-bond donors (Lipinski definition) is 3. The standard InChI is InChI=1S/C22H21ClF6N6O/c1-3-4-9-10-18(34-21(36-2)35-20(10)32-7-8-5-6-31-8)16(26)19(33-9)11-12(22(27,28)29)14(24)15(25)17(30)13(11)23/h8,31H,3-7,30H2,1-2H3,(H,32,34,35). The van der Waals surface area contributed by atoms with Crippen molar-refractivity contribution < 1.29 is 31.1 Å². The Bertz CT molecular complexity index is 1330. The van der Waals surface area contributed by atoms with E-state index in [-0.39, 0.29) is 35.4 Å². The van der Waals surface area contributed by atoms with Crippen LogP contribution in [-0.4, -0.2) is 41.2 Å². The van der Waals surface area contributed by atoms with E-state index < -0.39 is 56.7 Å². The summed E-state index contributed by atoms with van der Waals surface area (Å²) in [6.07, 6.45) is -3.91. The van der Waals surface area contributed by atoms with Crippen LogP contribution < -0.4 is 21.1 Å². The van der Waals surface area contributed by atoms with Gasteiger partial charge in [-0.05, 0) is 19.4 Å². The summed E-state index contributed by atoms with van der Waals surface area (Å²) in [7, 11) is 1.24. The molecule has 0 spiro atoms. The fourth-order valence-corrected chi connectivity index (χ4v) is 4.20. The third-order valence-corrected chi connectivity index (χ3v) is 6.22. The molecule has 3 heterocycles. The highest BCUT2D eigenvalue weighted by molar-refractivity contribution is 6.36. The summed E-state index contributed by atoms with van der Waals surface area (Å²) in [5, 5.41) is 5.38. The fraction of sp³-hybridized carbons (Fsp3) is 0.409. The van der Waals surface area contributed by atoms with Crippen LogP contribution >= 0.6 is 11.6 Å². The zero-order valence-corrected chi connectivity index (χ0v) is 19.8. The van der Waals surface area contributed by atoms with Crippen molar-refractivity contribution in [3.8, 4) is 17.3 Å². The molecular formula is C22H21ClF6N6O. The van der Waals surface area contributed by atoms with E-state index in [9.17, 15) is 22.0 Å². The van der Waals surface area contributed by atoms with Crippen LogP contribution in [0.3, 0.4) is 0 Å². The van der Waals surface area contributed by atoms with Crippen LogP contribution in [0, 0.1) is 17.5 Å².